The van der Waals surface area contributed by atoms with Crippen molar-refractivity contribution in [3.63, 3.8) is 0 Å². The maximum Gasteiger partial charge on any atom is 0.267 e. The lowest BCUT2D eigenvalue weighted by Gasteiger charge is -2.29. The molecule has 1 fully saturated rings. The molecule has 1 heterocycles. The molecule has 11 heteroatoms. The van der Waals surface area contributed by atoms with Crippen molar-refractivity contribution >= 4 is 33.2 Å². The first kappa shape index (κ1) is 22.8. The molecule has 0 saturated heterocycles. The zero-order chi connectivity index (χ0) is 22.8. The lowest BCUT2D eigenvalue weighted by Crippen LogP contribution is -2.43. The average Bonchev–Trinajstić information content (AvgIpc) is 2.69. The van der Waals surface area contributed by atoms with Crippen molar-refractivity contribution < 1.29 is 13.2 Å². The largest absolute Gasteiger partial charge is 0.365 e. The van der Waals surface area contributed by atoms with Crippen LogP contribution < -0.4 is 27.7 Å². The number of para-hydroxylation sites is 1. The Balaban J connectivity index is 2.04. The maximum atomic E-state index is 12.7. The lowest BCUT2D eigenvalue weighted by molar-refractivity contribution is 0.0999. The van der Waals surface area contributed by atoms with Gasteiger partial charge in [0.15, 0.2) is 15.7 Å². The van der Waals surface area contributed by atoms with E-state index in [1.54, 1.807) is 26.0 Å². The van der Waals surface area contributed by atoms with Gasteiger partial charge in [-0.2, -0.15) is 4.98 Å². The number of sulfone groups is 1. The van der Waals surface area contributed by atoms with E-state index in [9.17, 15) is 18.0 Å². The van der Waals surface area contributed by atoms with Crippen LogP contribution in [0.15, 0.2) is 34.0 Å². The predicted molar refractivity (Wildman–Crippen MR) is 119 cm³/mol. The van der Waals surface area contributed by atoms with Gasteiger partial charge < -0.3 is 22.1 Å². The van der Waals surface area contributed by atoms with Gasteiger partial charge in [-0.05, 0) is 38.8 Å². The van der Waals surface area contributed by atoms with E-state index < -0.39 is 32.1 Å². The van der Waals surface area contributed by atoms with Gasteiger partial charge in [0.05, 0.1) is 15.8 Å². The Kier molecular flexibility index (Phi) is 6.65. The summed E-state index contributed by atoms with van der Waals surface area (Å²) in [4.78, 5) is 31.4. The van der Waals surface area contributed by atoms with Gasteiger partial charge in [-0.1, -0.05) is 25.0 Å². The first-order valence-electron chi connectivity index (χ1n) is 10.2. The number of aromatic nitrogens is 2. The van der Waals surface area contributed by atoms with Gasteiger partial charge in [0, 0.05) is 12.1 Å². The second-order valence-corrected chi connectivity index (χ2v) is 10.4. The van der Waals surface area contributed by atoms with Crippen molar-refractivity contribution in [2.45, 2.75) is 61.8 Å². The smallest absolute Gasteiger partial charge is 0.267 e. The second kappa shape index (κ2) is 9.06. The number of carbonyl (C=O) groups is 1. The van der Waals surface area contributed by atoms with E-state index in [1.807, 2.05) is 0 Å². The fraction of sp³-hybridized carbons (Fsp3) is 0.450. The molecular weight excluding hydrogens is 420 g/mol. The molecule has 0 unspecified atom stereocenters. The lowest BCUT2D eigenvalue weighted by atomic mass is 9.91. The average molecular weight is 449 g/mol. The Morgan fingerprint density at radius 2 is 1.90 bits per heavy atom. The molecule has 1 aliphatic rings. The van der Waals surface area contributed by atoms with E-state index in [1.165, 1.54) is 12.1 Å². The SMILES string of the molecule is CC(C)S(=O)(=O)c1ccccc1Nc1nc(N[C@@H]2CCCC[C@H]2N)[nH]c(=O)c1C(N)=O. The summed E-state index contributed by atoms with van der Waals surface area (Å²) in [6.07, 6.45) is 3.71. The first-order valence-corrected chi connectivity index (χ1v) is 11.7. The number of H-pyrrole nitrogens is 1. The van der Waals surface area contributed by atoms with E-state index in [2.05, 4.69) is 20.6 Å². The number of nitrogens with two attached hydrogens (primary N) is 2. The minimum absolute atomic E-state index is 0.0336. The van der Waals surface area contributed by atoms with Gasteiger partial charge >= 0.3 is 0 Å². The molecular formula is C20H28N6O4S. The highest BCUT2D eigenvalue weighted by Crippen LogP contribution is 2.28. The molecule has 10 nitrogen and oxygen atoms in total. The van der Waals surface area contributed by atoms with Crippen LogP contribution in [0.3, 0.4) is 0 Å². The third-order valence-corrected chi connectivity index (χ3v) is 7.58. The Morgan fingerprint density at radius 3 is 2.55 bits per heavy atom. The summed E-state index contributed by atoms with van der Waals surface area (Å²) in [7, 11) is -3.64. The summed E-state index contributed by atoms with van der Waals surface area (Å²) in [5.74, 6) is -0.986. The van der Waals surface area contributed by atoms with Crippen molar-refractivity contribution in [1.82, 2.24) is 9.97 Å². The molecule has 168 valence electrons. The molecule has 3 rings (SSSR count). The first-order chi connectivity index (χ1) is 14.6. The molecule has 2 atom stereocenters. The van der Waals surface area contributed by atoms with E-state index >= 15 is 0 Å². The molecule has 1 aliphatic carbocycles. The van der Waals surface area contributed by atoms with Crippen molar-refractivity contribution in [2.75, 3.05) is 10.6 Å². The summed E-state index contributed by atoms with van der Waals surface area (Å²) >= 11 is 0. The molecule has 2 aromatic rings. The zero-order valence-electron chi connectivity index (χ0n) is 17.5. The Bertz CT molecular complexity index is 1130. The number of nitrogens with one attached hydrogen (secondary N) is 3. The van der Waals surface area contributed by atoms with Crippen LogP contribution in [-0.2, 0) is 9.84 Å². The number of carbonyl (C=O) groups excluding carboxylic acids is 1. The molecule has 1 aromatic heterocycles. The summed E-state index contributed by atoms with van der Waals surface area (Å²) in [6, 6.07) is 6.04. The number of aromatic amines is 1. The Labute approximate surface area is 180 Å². The quantitative estimate of drug-likeness (QED) is 0.423. The molecule has 0 aliphatic heterocycles. The van der Waals surface area contributed by atoms with Crippen LogP contribution in [0.25, 0.3) is 0 Å². The number of hydrogen-bond donors (Lipinski definition) is 5. The number of benzene rings is 1. The highest BCUT2D eigenvalue weighted by atomic mass is 32.2. The molecule has 1 amide bonds. The fourth-order valence-corrected chi connectivity index (χ4v) is 4.78. The highest BCUT2D eigenvalue weighted by Gasteiger charge is 2.26. The van der Waals surface area contributed by atoms with E-state index in [0.29, 0.717) is 0 Å². The monoisotopic (exact) mass is 448 g/mol. The normalized spacial score (nSPS) is 19.2. The summed E-state index contributed by atoms with van der Waals surface area (Å²) in [6.45, 7) is 3.14. The second-order valence-electron chi connectivity index (χ2n) is 7.92. The third-order valence-electron chi connectivity index (χ3n) is 5.37. The van der Waals surface area contributed by atoms with Crippen LogP contribution in [0, 0.1) is 0 Å². The van der Waals surface area contributed by atoms with Gasteiger partial charge in [-0.25, -0.2) is 8.42 Å². The van der Waals surface area contributed by atoms with Crippen LogP contribution in [-0.4, -0.2) is 41.6 Å². The van der Waals surface area contributed by atoms with Gasteiger partial charge in [-0.3, -0.25) is 14.6 Å². The van der Waals surface area contributed by atoms with Crippen LogP contribution in [0.1, 0.15) is 49.9 Å². The van der Waals surface area contributed by atoms with E-state index in [-0.39, 0.29) is 34.4 Å². The molecule has 0 bridgehead atoms. The Morgan fingerprint density at radius 1 is 1.23 bits per heavy atom. The molecule has 0 spiro atoms. The van der Waals surface area contributed by atoms with Crippen molar-refractivity contribution in [2.24, 2.45) is 11.5 Å². The Hall–Kier alpha value is -2.92. The third kappa shape index (κ3) is 4.88. The van der Waals surface area contributed by atoms with Gasteiger partial charge in [0.1, 0.15) is 5.56 Å². The summed E-state index contributed by atoms with van der Waals surface area (Å²) in [5, 5.41) is 5.29. The molecule has 1 saturated carbocycles. The van der Waals surface area contributed by atoms with Gasteiger partial charge in [0.25, 0.3) is 11.5 Å². The van der Waals surface area contributed by atoms with Crippen LogP contribution in [0.4, 0.5) is 17.5 Å². The minimum Gasteiger partial charge on any atom is -0.365 e. The van der Waals surface area contributed by atoms with E-state index in [0.717, 1.165) is 25.7 Å². The summed E-state index contributed by atoms with van der Waals surface area (Å²) in [5.41, 5.74) is 10.6. The van der Waals surface area contributed by atoms with E-state index in [4.69, 9.17) is 11.5 Å². The fourth-order valence-electron chi connectivity index (χ4n) is 3.57. The van der Waals surface area contributed by atoms with Crippen LogP contribution in [0.5, 0.6) is 0 Å². The minimum atomic E-state index is -3.64. The van der Waals surface area contributed by atoms with Crippen LogP contribution in [0.2, 0.25) is 0 Å². The van der Waals surface area contributed by atoms with Crippen molar-refractivity contribution in [3.8, 4) is 0 Å². The van der Waals surface area contributed by atoms with Crippen molar-refractivity contribution in [1.29, 1.82) is 0 Å². The number of hydrogen-bond acceptors (Lipinski definition) is 8. The number of nitrogens with zero attached hydrogens (tertiary/aromatic N) is 1. The van der Waals surface area contributed by atoms with Crippen LogP contribution >= 0.6 is 0 Å². The predicted octanol–water partition coefficient (Wildman–Crippen LogP) is 1.48. The zero-order valence-corrected chi connectivity index (χ0v) is 18.3. The van der Waals surface area contributed by atoms with Gasteiger partial charge in [-0.15, -0.1) is 0 Å². The number of amides is 1. The standard InChI is InChI=1S/C20H28N6O4S/c1-11(2)31(29,30)15-10-6-5-9-14(15)23-18-16(17(22)27)19(28)26-20(25-18)24-13-8-4-3-7-12(13)21/h5-6,9-13H,3-4,7-8,21H2,1-2H3,(H2,22,27)(H3,23,24,25,26,28)/t12-,13-/m1/s1. The van der Waals surface area contributed by atoms with Crippen molar-refractivity contribution in [3.05, 3.63) is 40.2 Å². The topological polar surface area (TPSA) is 173 Å². The molecule has 1 aromatic carbocycles. The number of rotatable bonds is 7. The molecule has 31 heavy (non-hydrogen) atoms. The number of anilines is 3. The highest BCUT2D eigenvalue weighted by molar-refractivity contribution is 7.92. The molecule has 7 N–H and O–H groups in total. The van der Waals surface area contributed by atoms with Gasteiger partial charge in [0.2, 0.25) is 5.95 Å². The summed E-state index contributed by atoms with van der Waals surface area (Å²) < 4.78 is 25.5. The molecule has 0 radical (unpaired) electrons. The maximum absolute atomic E-state index is 12.7. The number of primary amides is 1.